The van der Waals surface area contributed by atoms with E-state index in [0.29, 0.717) is 12.0 Å². The van der Waals surface area contributed by atoms with Gasteiger partial charge >= 0.3 is 5.97 Å². The minimum atomic E-state index is -1.12. The molecule has 0 saturated carbocycles. The first-order valence-electron chi connectivity index (χ1n) is 10.6. The molecular formula is C25H29N3O4. The lowest BCUT2D eigenvalue weighted by atomic mass is 10.0. The number of nitrogens with zero attached hydrogens (tertiary/aromatic N) is 1. The number of hydrogen-bond donors (Lipinski definition) is 3. The maximum Gasteiger partial charge on any atom is 0.326 e. The number of nitrogens with one attached hydrogen (secondary N) is 2. The van der Waals surface area contributed by atoms with Gasteiger partial charge in [-0.3, -0.25) is 9.59 Å². The molecule has 3 rings (SSSR count). The summed E-state index contributed by atoms with van der Waals surface area (Å²) in [5.41, 5.74) is 4.14. The van der Waals surface area contributed by atoms with Gasteiger partial charge in [-0.1, -0.05) is 42.3 Å². The van der Waals surface area contributed by atoms with Gasteiger partial charge in [-0.25, -0.2) is 4.79 Å². The van der Waals surface area contributed by atoms with Crippen molar-refractivity contribution in [1.82, 2.24) is 15.2 Å². The molecule has 32 heavy (non-hydrogen) atoms. The van der Waals surface area contributed by atoms with Crippen LogP contribution < -0.4 is 5.32 Å². The lowest BCUT2D eigenvalue weighted by Crippen LogP contribution is -2.52. The Morgan fingerprint density at radius 2 is 1.75 bits per heavy atom. The molecule has 0 unspecified atom stereocenters. The van der Waals surface area contributed by atoms with Crippen LogP contribution in [-0.2, 0) is 16.0 Å². The molecule has 2 atom stereocenters. The fraction of sp³-hybridized carbons (Fsp3) is 0.320. The van der Waals surface area contributed by atoms with E-state index in [4.69, 9.17) is 0 Å². The van der Waals surface area contributed by atoms with Gasteiger partial charge in [0.2, 0.25) is 5.91 Å². The van der Waals surface area contributed by atoms with Crippen molar-refractivity contribution in [2.24, 2.45) is 0 Å². The van der Waals surface area contributed by atoms with E-state index >= 15 is 0 Å². The number of carboxylic acid groups (broad SMARTS) is 1. The average molecular weight is 436 g/mol. The zero-order valence-electron chi connectivity index (χ0n) is 18.8. The molecule has 0 aliphatic rings. The average Bonchev–Trinajstić information content (AvgIpc) is 3.15. The summed E-state index contributed by atoms with van der Waals surface area (Å²) in [6, 6.07) is 11.3. The van der Waals surface area contributed by atoms with Gasteiger partial charge in [0.05, 0.1) is 0 Å². The molecule has 0 radical (unpaired) electrons. The number of likely N-dealkylation sites (N-methyl/N-ethyl adjacent to an activating group) is 1. The van der Waals surface area contributed by atoms with E-state index < -0.39 is 24.0 Å². The molecule has 3 N–H and O–H groups in total. The van der Waals surface area contributed by atoms with Crippen LogP contribution in [-0.4, -0.2) is 51.9 Å². The third-order valence-electron chi connectivity index (χ3n) is 5.66. The quantitative estimate of drug-likeness (QED) is 0.504. The van der Waals surface area contributed by atoms with Crippen LogP contribution in [0.2, 0.25) is 0 Å². The Morgan fingerprint density at radius 1 is 1.09 bits per heavy atom. The molecule has 7 heteroatoms. The number of aromatic amines is 1. The lowest BCUT2D eigenvalue weighted by molar-refractivity contribution is -0.142. The monoisotopic (exact) mass is 435 g/mol. The lowest BCUT2D eigenvalue weighted by Gasteiger charge is -2.28. The molecular weight excluding hydrogens is 406 g/mol. The number of carboxylic acids is 1. The second kappa shape index (κ2) is 9.68. The highest BCUT2D eigenvalue weighted by atomic mass is 16.4. The number of hydrogen-bond acceptors (Lipinski definition) is 3. The first-order valence-corrected chi connectivity index (χ1v) is 10.6. The maximum absolute atomic E-state index is 13.0. The van der Waals surface area contributed by atoms with Gasteiger partial charge in [0.1, 0.15) is 12.1 Å². The Balaban J connectivity index is 1.76. The normalized spacial score (nSPS) is 12.9. The smallest absolute Gasteiger partial charge is 0.326 e. The number of H-pyrrole nitrogens is 1. The second-order valence-electron chi connectivity index (χ2n) is 8.18. The van der Waals surface area contributed by atoms with Crippen molar-refractivity contribution < 1.29 is 19.5 Å². The second-order valence-corrected chi connectivity index (χ2v) is 8.18. The molecule has 2 amide bonds. The van der Waals surface area contributed by atoms with Crippen LogP contribution >= 0.6 is 0 Å². The molecule has 2 aromatic carbocycles. The van der Waals surface area contributed by atoms with Crippen molar-refractivity contribution in [3.8, 4) is 0 Å². The molecule has 1 aromatic heterocycles. The zero-order valence-corrected chi connectivity index (χ0v) is 18.8. The molecule has 0 aliphatic carbocycles. The predicted molar refractivity (Wildman–Crippen MR) is 124 cm³/mol. The standard InChI is InChI=1S/C25H29N3O4/c1-5-22(28(4)24(30)17-11-15(2)10-16(3)12-17)23(29)27-21(25(31)32)13-18-14-26-20-9-7-6-8-19(18)20/h6-12,14,21-22,26H,5,13H2,1-4H3,(H,27,29)(H,31,32)/t21-,22+/m0/s1. The first kappa shape index (κ1) is 23.1. The topological polar surface area (TPSA) is 102 Å². The number of aliphatic carboxylic acids is 1. The van der Waals surface area contributed by atoms with Crippen LogP contribution in [0.1, 0.15) is 40.4 Å². The predicted octanol–water partition coefficient (Wildman–Crippen LogP) is 3.45. The Morgan fingerprint density at radius 3 is 2.38 bits per heavy atom. The minimum Gasteiger partial charge on any atom is -0.480 e. The summed E-state index contributed by atoms with van der Waals surface area (Å²) in [5, 5.41) is 13.3. The number of carbonyl (C=O) groups excluding carboxylic acids is 2. The third kappa shape index (κ3) is 4.99. The van der Waals surface area contributed by atoms with Gasteiger partial charge in [-0.2, -0.15) is 0 Å². The number of benzene rings is 2. The molecule has 0 fully saturated rings. The summed E-state index contributed by atoms with van der Waals surface area (Å²) in [4.78, 5) is 42.4. The van der Waals surface area contributed by atoms with Crippen molar-refractivity contribution in [1.29, 1.82) is 0 Å². The Bertz CT molecular complexity index is 1130. The Hall–Kier alpha value is -3.61. The number of aryl methyl sites for hydroxylation is 2. The summed E-state index contributed by atoms with van der Waals surface area (Å²) < 4.78 is 0. The SMILES string of the molecule is CC[C@H](C(=O)N[C@@H](Cc1c[nH]c2ccccc12)C(=O)O)N(C)C(=O)c1cc(C)cc(C)c1. The molecule has 168 valence electrons. The molecule has 0 bridgehead atoms. The van der Waals surface area contributed by atoms with Crippen LogP contribution in [0.4, 0.5) is 0 Å². The molecule has 0 aliphatic heterocycles. The van der Waals surface area contributed by atoms with Crippen molar-refractivity contribution in [2.45, 2.75) is 45.7 Å². The van der Waals surface area contributed by atoms with Gasteiger partial charge in [-0.05, 0) is 44.0 Å². The first-order chi connectivity index (χ1) is 15.2. The fourth-order valence-corrected chi connectivity index (χ4v) is 4.07. The number of amides is 2. The number of carbonyl (C=O) groups is 3. The Kier molecular flexibility index (Phi) is 6.98. The number of para-hydroxylation sites is 1. The summed E-state index contributed by atoms with van der Waals surface area (Å²) in [5.74, 6) is -1.89. The molecule has 0 spiro atoms. The van der Waals surface area contributed by atoms with Gasteiger partial charge in [0, 0.05) is 36.1 Å². The van der Waals surface area contributed by atoms with Gasteiger partial charge in [0.15, 0.2) is 0 Å². The van der Waals surface area contributed by atoms with Crippen molar-refractivity contribution >= 4 is 28.7 Å². The van der Waals surface area contributed by atoms with E-state index in [9.17, 15) is 19.5 Å². The van der Waals surface area contributed by atoms with E-state index in [0.717, 1.165) is 27.6 Å². The van der Waals surface area contributed by atoms with E-state index in [1.54, 1.807) is 32.3 Å². The van der Waals surface area contributed by atoms with Gasteiger partial charge in [0.25, 0.3) is 5.91 Å². The molecule has 1 heterocycles. The van der Waals surface area contributed by atoms with Crippen LogP contribution in [0.15, 0.2) is 48.7 Å². The van der Waals surface area contributed by atoms with Crippen LogP contribution in [0.3, 0.4) is 0 Å². The highest BCUT2D eigenvalue weighted by molar-refractivity contribution is 5.98. The molecule has 0 saturated heterocycles. The largest absolute Gasteiger partial charge is 0.480 e. The van der Waals surface area contributed by atoms with Crippen LogP contribution in [0.25, 0.3) is 10.9 Å². The van der Waals surface area contributed by atoms with E-state index in [1.165, 1.54) is 4.90 Å². The van der Waals surface area contributed by atoms with Crippen LogP contribution in [0.5, 0.6) is 0 Å². The van der Waals surface area contributed by atoms with E-state index in [2.05, 4.69) is 10.3 Å². The Labute approximate surface area is 187 Å². The molecule has 3 aromatic rings. The van der Waals surface area contributed by atoms with Crippen molar-refractivity contribution in [3.05, 3.63) is 70.9 Å². The zero-order chi connectivity index (χ0) is 23.4. The van der Waals surface area contributed by atoms with Gasteiger partial charge in [-0.15, -0.1) is 0 Å². The third-order valence-corrected chi connectivity index (χ3v) is 5.66. The van der Waals surface area contributed by atoms with E-state index in [-0.39, 0.29) is 12.3 Å². The van der Waals surface area contributed by atoms with Crippen molar-refractivity contribution in [2.75, 3.05) is 7.05 Å². The summed E-state index contributed by atoms with van der Waals surface area (Å²) in [7, 11) is 1.57. The van der Waals surface area contributed by atoms with E-state index in [1.807, 2.05) is 44.2 Å². The summed E-state index contributed by atoms with van der Waals surface area (Å²) in [6.07, 6.45) is 2.26. The maximum atomic E-state index is 13.0. The fourth-order valence-electron chi connectivity index (χ4n) is 4.07. The number of fused-ring (bicyclic) bond motifs is 1. The summed E-state index contributed by atoms with van der Waals surface area (Å²) >= 11 is 0. The number of rotatable bonds is 8. The highest BCUT2D eigenvalue weighted by Crippen LogP contribution is 2.20. The van der Waals surface area contributed by atoms with Crippen LogP contribution in [0, 0.1) is 13.8 Å². The minimum absolute atomic E-state index is 0.135. The number of aromatic nitrogens is 1. The highest BCUT2D eigenvalue weighted by Gasteiger charge is 2.30. The molecule has 7 nitrogen and oxygen atoms in total. The van der Waals surface area contributed by atoms with Crippen molar-refractivity contribution in [3.63, 3.8) is 0 Å². The van der Waals surface area contributed by atoms with Gasteiger partial charge < -0.3 is 20.3 Å². The summed E-state index contributed by atoms with van der Waals surface area (Å²) in [6.45, 7) is 5.62.